The maximum Gasteiger partial charge on any atom is 0.274 e. The molecule has 0 atom stereocenters. The van der Waals surface area contributed by atoms with E-state index >= 15 is 0 Å². The minimum Gasteiger partial charge on any atom is -0.345 e. The summed E-state index contributed by atoms with van der Waals surface area (Å²) in [5.74, 6) is -0.300. The summed E-state index contributed by atoms with van der Waals surface area (Å²) >= 11 is 2.94. The van der Waals surface area contributed by atoms with Crippen molar-refractivity contribution in [2.75, 3.05) is 5.32 Å². The summed E-state index contributed by atoms with van der Waals surface area (Å²) in [4.78, 5) is 12.1. The van der Waals surface area contributed by atoms with Crippen molar-refractivity contribution >= 4 is 34.1 Å². The van der Waals surface area contributed by atoms with Gasteiger partial charge in [-0.25, -0.2) is 0 Å². The molecule has 0 aliphatic rings. The summed E-state index contributed by atoms with van der Waals surface area (Å²) in [6.45, 7) is 4.13. The molecule has 8 heteroatoms. The third kappa shape index (κ3) is 3.37. The highest BCUT2D eigenvalue weighted by Crippen LogP contribution is 2.28. The van der Waals surface area contributed by atoms with Crippen molar-refractivity contribution in [2.24, 2.45) is 7.05 Å². The number of nitrogens with zero attached hydrogens (tertiary/aromatic N) is 4. The van der Waals surface area contributed by atoms with Gasteiger partial charge in [0.2, 0.25) is 5.13 Å². The van der Waals surface area contributed by atoms with E-state index in [1.54, 1.807) is 35.6 Å². The number of carbonyl (C=O) groups is 1. The maximum absolute atomic E-state index is 12.1. The van der Waals surface area contributed by atoms with E-state index in [1.165, 1.54) is 11.3 Å². The van der Waals surface area contributed by atoms with E-state index in [-0.39, 0.29) is 5.91 Å². The van der Waals surface area contributed by atoms with Gasteiger partial charge in [0.15, 0.2) is 4.34 Å². The highest BCUT2D eigenvalue weighted by molar-refractivity contribution is 8.01. The number of aromatic nitrogens is 3. The summed E-state index contributed by atoms with van der Waals surface area (Å²) in [7, 11) is 1.72. The van der Waals surface area contributed by atoms with Crippen molar-refractivity contribution < 1.29 is 4.79 Å². The fraction of sp³-hybridized carbons (Fsp3) is 0.333. The number of nitriles is 1. The molecule has 104 valence electrons. The van der Waals surface area contributed by atoms with Crippen LogP contribution < -0.4 is 5.32 Å². The number of amides is 1. The van der Waals surface area contributed by atoms with Gasteiger partial charge in [0.25, 0.3) is 5.91 Å². The molecule has 2 heterocycles. The standard InChI is InChI=1S/C12H13N5OS2/c1-7(2)19-12-16-15-11(20-12)14-10(18)9-4-8(5-13)6-17(9)3/h4,6-7H,1-3H3,(H,14,15,18). The number of anilines is 1. The SMILES string of the molecule is CC(C)Sc1nnc(NC(=O)c2cc(C#N)cn2C)s1. The Labute approximate surface area is 124 Å². The first-order valence-electron chi connectivity index (χ1n) is 5.87. The van der Waals surface area contributed by atoms with Gasteiger partial charge in [0.05, 0.1) is 5.56 Å². The van der Waals surface area contributed by atoms with Gasteiger partial charge in [-0.1, -0.05) is 36.9 Å². The first kappa shape index (κ1) is 14.6. The van der Waals surface area contributed by atoms with Crippen LogP contribution in [0.4, 0.5) is 5.13 Å². The van der Waals surface area contributed by atoms with Gasteiger partial charge in [0.1, 0.15) is 11.8 Å². The van der Waals surface area contributed by atoms with E-state index in [0.717, 1.165) is 4.34 Å². The predicted molar refractivity (Wildman–Crippen MR) is 79.0 cm³/mol. The third-order valence-electron chi connectivity index (χ3n) is 2.33. The highest BCUT2D eigenvalue weighted by atomic mass is 32.2. The Morgan fingerprint density at radius 3 is 2.90 bits per heavy atom. The van der Waals surface area contributed by atoms with Crippen molar-refractivity contribution in [3.8, 4) is 6.07 Å². The molecule has 0 unspecified atom stereocenters. The molecule has 1 amide bonds. The number of carbonyl (C=O) groups excluding carboxylic acids is 1. The number of thioether (sulfide) groups is 1. The van der Waals surface area contributed by atoms with Crippen molar-refractivity contribution in [3.05, 3.63) is 23.5 Å². The summed E-state index contributed by atoms with van der Waals surface area (Å²) < 4.78 is 2.43. The normalized spacial score (nSPS) is 10.6. The van der Waals surface area contributed by atoms with Crippen LogP contribution >= 0.6 is 23.1 Å². The van der Waals surface area contributed by atoms with Gasteiger partial charge in [0, 0.05) is 18.5 Å². The Bertz CT molecular complexity index is 668. The molecular weight excluding hydrogens is 294 g/mol. The fourth-order valence-corrected chi connectivity index (χ4v) is 3.49. The molecule has 0 aliphatic carbocycles. The third-order valence-corrected chi connectivity index (χ3v) is 4.26. The van der Waals surface area contributed by atoms with E-state index in [4.69, 9.17) is 5.26 Å². The summed E-state index contributed by atoms with van der Waals surface area (Å²) in [5.41, 5.74) is 0.862. The number of hydrogen-bond donors (Lipinski definition) is 1. The molecular formula is C12H13N5OS2. The Morgan fingerprint density at radius 2 is 2.30 bits per heavy atom. The Morgan fingerprint density at radius 1 is 1.55 bits per heavy atom. The predicted octanol–water partition coefficient (Wildman–Crippen LogP) is 2.50. The van der Waals surface area contributed by atoms with E-state index in [1.807, 2.05) is 6.07 Å². The molecule has 2 aromatic heterocycles. The topological polar surface area (TPSA) is 83.6 Å². The zero-order valence-corrected chi connectivity index (χ0v) is 12.9. The van der Waals surface area contributed by atoms with E-state index < -0.39 is 0 Å². The van der Waals surface area contributed by atoms with E-state index in [0.29, 0.717) is 21.6 Å². The first-order valence-corrected chi connectivity index (χ1v) is 7.57. The minimum absolute atomic E-state index is 0.300. The molecule has 6 nitrogen and oxygen atoms in total. The molecule has 1 N–H and O–H groups in total. The summed E-state index contributed by atoms with van der Waals surface area (Å²) in [6.07, 6.45) is 1.61. The van der Waals surface area contributed by atoms with Gasteiger partial charge >= 0.3 is 0 Å². The van der Waals surface area contributed by atoms with Gasteiger partial charge in [-0.2, -0.15) is 5.26 Å². The van der Waals surface area contributed by atoms with Crippen LogP contribution in [-0.2, 0) is 7.05 Å². The second-order valence-electron chi connectivity index (χ2n) is 4.33. The molecule has 0 fully saturated rings. The Hall–Kier alpha value is -1.85. The van der Waals surface area contributed by atoms with Crippen LogP contribution in [0.1, 0.15) is 29.9 Å². The fourth-order valence-electron chi connectivity index (χ4n) is 1.52. The lowest BCUT2D eigenvalue weighted by molar-refractivity contribution is 0.101. The Kier molecular flexibility index (Phi) is 4.42. The molecule has 0 saturated carbocycles. The van der Waals surface area contributed by atoms with E-state index in [2.05, 4.69) is 29.4 Å². The number of aryl methyl sites for hydroxylation is 1. The molecule has 0 saturated heterocycles. The zero-order valence-electron chi connectivity index (χ0n) is 11.2. The van der Waals surface area contributed by atoms with E-state index in [9.17, 15) is 4.79 Å². The lowest BCUT2D eigenvalue weighted by Crippen LogP contribution is -2.15. The second kappa shape index (κ2) is 6.07. The van der Waals surface area contributed by atoms with Crippen LogP contribution in [0.5, 0.6) is 0 Å². The smallest absolute Gasteiger partial charge is 0.274 e. The first-order chi connectivity index (χ1) is 9.49. The number of hydrogen-bond acceptors (Lipinski definition) is 6. The average Bonchev–Trinajstić information content (AvgIpc) is 2.95. The van der Waals surface area contributed by atoms with Crippen LogP contribution in [0.25, 0.3) is 0 Å². The number of rotatable bonds is 4. The number of nitrogens with one attached hydrogen (secondary N) is 1. The van der Waals surface area contributed by atoms with Gasteiger partial charge in [-0.3, -0.25) is 10.1 Å². The van der Waals surface area contributed by atoms with Crippen LogP contribution in [0.15, 0.2) is 16.6 Å². The minimum atomic E-state index is -0.300. The van der Waals surface area contributed by atoms with Crippen LogP contribution in [0.3, 0.4) is 0 Å². The van der Waals surface area contributed by atoms with Crippen molar-refractivity contribution in [3.63, 3.8) is 0 Å². The molecule has 0 aromatic carbocycles. The molecule has 2 aromatic rings. The maximum atomic E-state index is 12.1. The van der Waals surface area contributed by atoms with Crippen molar-refractivity contribution in [1.29, 1.82) is 5.26 Å². The molecule has 0 spiro atoms. The average molecular weight is 307 g/mol. The van der Waals surface area contributed by atoms with Crippen molar-refractivity contribution in [2.45, 2.75) is 23.4 Å². The summed E-state index contributed by atoms with van der Waals surface area (Å²) in [5, 5.41) is 20.3. The van der Waals surface area contributed by atoms with Crippen LogP contribution in [-0.4, -0.2) is 25.9 Å². The summed E-state index contributed by atoms with van der Waals surface area (Å²) in [6, 6.07) is 3.54. The Balaban J connectivity index is 2.09. The quantitative estimate of drug-likeness (QED) is 0.693. The second-order valence-corrected chi connectivity index (χ2v) is 7.13. The van der Waals surface area contributed by atoms with Crippen molar-refractivity contribution in [1.82, 2.24) is 14.8 Å². The largest absolute Gasteiger partial charge is 0.345 e. The molecule has 0 bridgehead atoms. The van der Waals surface area contributed by atoms with Gasteiger partial charge < -0.3 is 4.57 Å². The molecule has 0 aliphatic heterocycles. The molecule has 2 rings (SSSR count). The van der Waals surface area contributed by atoms with Gasteiger partial charge in [-0.05, 0) is 6.07 Å². The van der Waals surface area contributed by atoms with Crippen LogP contribution in [0.2, 0.25) is 0 Å². The van der Waals surface area contributed by atoms with Gasteiger partial charge in [-0.15, -0.1) is 10.2 Å². The highest BCUT2D eigenvalue weighted by Gasteiger charge is 2.15. The molecule has 0 radical (unpaired) electrons. The monoisotopic (exact) mass is 307 g/mol. The lowest BCUT2D eigenvalue weighted by atomic mass is 10.3. The zero-order chi connectivity index (χ0) is 14.7. The molecule has 20 heavy (non-hydrogen) atoms. The lowest BCUT2D eigenvalue weighted by Gasteiger charge is -2.01. The van der Waals surface area contributed by atoms with Crippen LogP contribution in [0, 0.1) is 11.3 Å².